The van der Waals surface area contributed by atoms with Crippen LogP contribution in [0.2, 0.25) is 0 Å². The third-order valence-electron chi connectivity index (χ3n) is 2.10. The summed E-state index contributed by atoms with van der Waals surface area (Å²) in [5.41, 5.74) is 0.886. The highest BCUT2D eigenvalue weighted by molar-refractivity contribution is 6.18. The normalized spacial score (nSPS) is 9.67. The van der Waals surface area contributed by atoms with Crippen molar-refractivity contribution in [2.75, 3.05) is 31.5 Å². The van der Waals surface area contributed by atoms with E-state index in [4.69, 9.17) is 16.3 Å². The van der Waals surface area contributed by atoms with Crippen molar-refractivity contribution in [1.29, 1.82) is 0 Å². The van der Waals surface area contributed by atoms with Crippen molar-refractivity contribution < 1.29 is 19.1 Å². The van der Waals surface area contributed by atoms with Gasteiger partial charge in [0.25, 0.3) is 0 Å². The van der Waals surface area contributed by atoms with Gasteiger partial charge in [-0.15, -0.1) is 11.6 Å². The maximum atomic E-state index is 11.5. The van der Waals surface area contributed by atoms with E-state index in [-0.39, 0.29) is 19.0 Å². The molecule has 98 valence electrons. The van der Waals surface area contributed by atoms with Crippen molar-refractivity contribution in [2.45, 2.75) is 0 Å². The van der Waals surface area contributed by atoms with Crippen molar-refractivity contribution in [3.05, 3.63) is 29.8 Å². The summed E-state index contributed by atoms with van der Waals surface area (Å²) >= 11 is 5.39. The van der Waals surface area contributed by atoms with Gasteiger partial charge in [-0.05, 0) is 12.1 Å². The molecule has 1 N–H and O–H groups in total. The van der Waals surface area contributed by atoms with Crippen LogP contribution in [0.1, 0.15) is 10.4 Å². The number of hydrogen-bond acceptors (Lipinski definition) is 5. The van der Waals surface area contributed by atoms with E-state index in [0.29, 0.717) is 11.3 Å². The zero-order chi connectivity index (χ0) is 13.4. The number of nitrogens with one attached hydrogen (secondary N) is 1. The lowest BCUT2D eigenvalue weighted by Crippen LogP contribution is -2.19. The van der Waals surface area contributed by atoms with Gasteiger partial charge >= 0.3 is 11.9 Å². The first-order valence-electron chi connectivity index (χ1n) is 5.32. The second kappa shape index (κ2) is 7.55. The predicted octanol–water partition coefficient (Wildman–Crippen LogP) is 1.67. The summed E-state index contributed by atoms with van der Waals surface area (Å²) in [5, 5.41) is 2.82. The zero-order valence-electron chi connectivity index (χ0n) is 9.94. The van der Waals surface area contributed by atoms with Crippen molar-refractivity contribution in [3.63, 3.8) is 0 Å². The molecule has 1 aromatic rings. The minimum Gasteiger partial charge on any atom is -0.465 e. The molecule has 0 unspecified atom stereocenters. The molecular formula is C12H14ClNO4. The van der Waals surface area contributed by atoms with Crippen molar-refractivity contribution in [3.8, 4) is 0 Å². The predicted molar refractivity (Wildman–Crippen MR) is 68.0 cm³/mol. The summed E-state index contributed by atoms with van der Waals surface area (Å²) < 4.78 is 9.43. The fraction of sp³-hybridized carbons (Fsp3) is 0.333. The smallest absolute Gasteiger partial charge is 0.339 e. The summed E-state index contributed by atoms with van der Waals surface area (Å²) in [5.74, 6) is -0.646. The van der Waals surface area contributed by atoms with E-state index >= 15 is 0 Å². The van der Waals surface area contributed by atoms with Crippen molar-refractivity contribution >= 4 is 29.2 Å². The number of carbonyl (C=O) groups excluding carboxylic acids is 2. The Morgan fingerprint density at radius 2 is 2.06 bits per heavy atom. The highest BCUT2D eigenvalue weighted by atomic mass is 35.5. The average molecular weight is 272 g/mol. The quantitative estimate of drug-likeness (QED) is 0.630. The number of halogens is 1. The van der Waals surface area contributed by atoms with E-state index < -0.39 is 11.9 Å². The number of methoxy groups -OCH3 is 1. The lowest BCUT2D eigenvalue weighted by molar-refractivity contribution is -0.140. The molecule has 0 radical (unpaired) electrons. The van der Waals surface area contributed by atoms with Crippen LogP contribution in [0.4, 0.5) is 5.69 Å². The second-order valence-electron chi connectivity index (χ2n) is 3.30. The first kappa shape index (κ1) is 14.3. The molecule has 0 aromatic heterocycles. The standard InChI is InChI=1S/C12H14ClNO4/c1-17-12(16)9-4-2-3-5-10(9)14-8-11(15)18-7-6-13/h2-5,14H,6-8H2,1H3. The molecule has 0 heterocycles. The number of alkyl halides is 1. The van der Waals surface area contributed by atoms with Gasteiger partial charge in [0.2, 0.25) is 0 Å². The van der Waals surface area contributed by atoms with Crippen LogP contribution in [-0.4, -0.2) is 38.1 Å². The van der Waals surface area contributed by atoms with Crippen LogP contribution < -0.4 is 5.32 Å². The van der Waals surface area contributed by atoms with Crippen molar-refractivity contribution in [1.82, 2.24) is 0 Å². The fourth-order valence-electron chi connectivity index (χ4n) is 1.30. The molecule has 0 saturated carbocycles. The molecule has 1 rings (SSSR count). The van der Waals surface area contributed by atoms with Gasteiger partial charge in [0.1, 0.15) is 13.2 Å². The van der Waals surface area contributed by atoms with E-state index in [1.165, 1.54) is 7.11 Å². The molecule has 0 aliphatic heterocycles. The van der Waals surface area contributed by atoms with Gasteiger partial charge in [-0.1, -0.05) is 12.1 Å². The van der Waals surface area contributed by atoms with Gasteiger partial charge in [0, 0.05) is 5.69 Å². The zero-order valence-corrected chi connectivity index (χ0v) is 10.7. The molecule has 0 saturated heterocycles. The fourth-order valence-corrected chi connectivity index (χ4v) is 1.37. The van der Waals surface area contributed by atoms with Crippen LogP contribution in [0.25, 0.3) is 0 Å². The number of carbonyl (C=O) groups is 2. The first-order valence-corrected chi connectivity index (χ1v) is 5.85. The number of esters is 2. The number of hydrogen-bond donors (Lipinski definition) is 1. The number of ether oxygens (including phenoxy) is 2. The Hall–Kier alpha value is -1.75. The van der Waals surface area contributed by atoms with E-state index in [1.807, 2.05) is 0 Å². The summed E-state index contributed by atoms with van der Waals surface area (Å²) in [6.45, 7) is 0.131. The Morgan fingerprint density at radius 1 is 1.33 bits per heavy atom. The molecule has 0 fully saturated rings. The number of rotatable bonds is 6. The highest BCUT2D eigenvalue weighted by Crippen LogP contribution is 2.15. The SMILES string of the molecule is COC(=O)c1ccccc1NCC(=O)OCCCl. The third-order valence-corrected chi connectivity index (χ3v) is 2.25. The summed E-state index contributed by atoms with van der Waals surface area (Å²) in [4.78, 5) is 22.7. The minimum absolute atomic E-state index is 0.0368. The maximum absolute atomic E-state index is 11.5. The average Bonchev–Trinajstić information content (AvgIpc) is 2.42. The molecule has 1 aromatic carbocycles. The topological polar surface area (TPSA) is 64.6 Å². The molecule has 0 bridgehead atoms. The molecule has 0 atom stereocenters. The van der Waals surface area contributed by atoms with Crippen LogP contribution in [0.3, 0.4) is 0 Å². The van der Waals surface area contributed by atoms with Crippen molar-refractivity contribution in [2.24, 2.45) is 0 Å². The van der Waals surface area contributed by atoms with Gasteiger partial charge in [0.15, 0.2) is 0 Å². The van der Waals surface area contributed by atoms with Crippen LogP contribution in [0.5, 0.6) is 0 Å². The monoisotopic (exact) mass is 271 g/mol. The van der Waals surface area contributed by atoms with E-state index in [2.05, 4.69) is 10.1 Å². The van der Waals surface area contributed by atoms with Crippen LogP contribution >= 0.6 is 11.6 Å². The second-order valence-corrected chi connectivity index (χ2v) is 3.68. The molecular weight excluding hydrogens is 258 g/mol. The van der Waals surface area contributed by atoms with Gasteiger partial charge in [-0.3, -0.25) is 4.79 Å². The summed E-state index contributed by atoms with van der Waals surface area (Å²) in [6.07, 6.45) is 0. The lowest BCUT2D eigenvalue weighted by Gasteiger charge is -2.10. The Labute approximate surface area is 110 Å². The third kappa shape index (κ3) is 4.25. The molecule has 0 aliphatic carbocycles. The molecule has 6 heteroatoms. The Morgan fingerprint density at radius 3 is 2.72 bits per heavy atom. The number of anilines is 1. The van der Waals surface area contributed by atoms with Gasteiger partial charge in [-0.2, -0.15) is 0 Å². The maximum Gasteiger partial charge on any atom is 0.339 e. The van der Waals surface area contributed by atoms with Crippen LogP contribution in [0, 0.1) is 0 Å². The summed E-state index contributed by atoms with van der Waals surface area (Å²) in [7, 11) is 1.30. The van der Waals surface area contributed by atoms with Crippen LogP contribution in [0.15, 0.2) is 24.3 Å². The Balaban J connectivity index is 2.61. The van der Waals surface area contributed by atoms with E-state index in [9.17, 15) is 9.59 Å². The molecule has 5 nitrogen and oxygen atoms in total. The largest absolute Gasteiger partial charge is 0.465 e. The summed E-state index contributed by atoms with van der Waals surface area (Å²) in [6, 6.07) is 6.75. The highest BCUT2D eigenvalue weighted by Gasteiger charge is 2.11. The first-order chi connectivity index (χ1) is 8.69. The molecule has 0 spiro atoms. The van der Waals surface area contributed by atoms with Gasteiger partial charge in [-0.25, -0.2) is 4.79 Å². The molecule has 18 heavy (non-hydrogen) atoms. The number of para-hydroxylation sites is 1. The Kier molecular flexibility index (Phi) is 6.00. The minimum atomic E-state index is -0.466. The Bertz CT molecular complexity index is 422. The molecule has 0 amide bonds. The van der Waals surface area contributed by atoms with Gasteiger partial charge in [0.05, 0.1) is 18.6 Å². The van der Waals surface area contributed by atoms with Gasteiger partial charge < -0.3 is 14.8 Å². The van der Waals surface area contributed by atoms with E-state index in [0.717, 1.165) is 0 Å². The molecule has 0 aliphatic rings. The lowest BCUT2D eigenvalue weighted by atomic mass is 10.2. The number of benzene rings is 1. The van der Waals surface area contributed by atoms with Crippen LogP contribution in [-0.2, 0) is 14.3 Å². The van der Waals surface area contributed by atoms with E-state index in [1.54, 1.807) is 24.3 Å².